The Morgan fingerprint density at radius 2 is 1.92 bits per heavy atom. The minimum absolute atomic E-state index is 0.109. The minimum Gasteiger partial charge on any atom is -0.495 e. The number of nitrogens with one attached hydrogen (secondary N) is 1. The van der Waals surface area contributed by atoms with Gasteiger partial charge in [0, 0.05) is 37.1 Å². The van der Waals surface area contributed by atoms with Gasteiger partial charge in [0.1, 0.15) is 5.75 Å². The lowest BCUT2D eigenvalue weighted by Gasteiger charge is -2.37. The summed E-state index contributed by atoms with van der Waals surface area (Å²) >= 11 is 6.01. The number of nitrogens with zero attached hydrogens (tertiary/aromatic N) is 2. The van der Waals surface area contributed by atoms with Crippen molar-refractivity contribution in [1.82, 2.24) is 9.80 Å². The Hall–Kier alpha value is -1.79. The molecular formula is C18H24ClN3O3. The second kappa shape index (κ2) is 7.62. The summed E-state index contributed by atoms with van der Waals surface area (Å²) in [6.45, 7) is 4.67. The van der Waals surface area contributed by atoms with Crippen molar-refractivity contribution in [3.63, 3.8) is 0 Å². The second-order valence-electron chi connectivity index (χ2n) is 6.65. The summed E-state index contributed by atoms with van der Waals surface area (Å²) in [6, 6.07) is 4.83. The first-order chi connectivity index (χ1) is 12.0. The lowest BCUT2D eigenvalue weighted by molar-refractivity contribution is -0.135. The van der Waals surface area contributed by atoms with Gasteiger partial charge in [0.05, 0.1) is 18.8 Å². The maximum absolute atomic E-state index is 12.6. The smallest absolute Gasteiger partial charge is 0.241 e. The summed E-state index contributed by atoms with van der Waals surface area (Å²) in [5.74, 6) is 0.996. The number of methoxy groups -OCH3 is 1. The van der Waals surface area contributed by atoms with Crippen LogP contribution >= 0.6 is 11.6 Å². The third kappa shape index (κ3) is 4.25. The van der Waals surface area contributed by atoms with Crippen LogP contribution in [0.15, 0.2) is 18.2 Å². The number of hydrogen-bond acceptors (Lipinski definition) is 4. The molecule has 1 aliphatic carbocycles. The van der Waals surface area contributed by atoms with Crippen LogP contribution in [0.1, 0.15) is 19.8 Å². The number of hydrogen-bond donors (Lipinski definition) is 1. The average Bonchev–Trinajstić information content (AvgIpc) is 3.46. The summed E-state index contributed by atoms with van der Waals surface area (Å²) < 4.78 is 5.26. The minimum atomic E-state index is -0.290. The Balaban J connectivity index is 1.56. The van der Waals surface area contributed by atoms with E-state index in [1.54, 1.807) is 25.3 Å². The summed E-state index contributed by atoms with van der Waals surface area (Å²) in [4.78, 5) is 28.7. The Morgan fingerprint density at radius 1 is 1.24 bits per heavy atom. The molecule has 0 aromatic heterocycles. The molecule has 1 saturated carbocycles. The van der Waals surface area contributed by atoms with Gasteiger partial charge in [-0.3, -0.25) is 14.5 Å². The molecule has 2 fully saturated rings. The predicted molar refractivity (Wildman–Crippen MR) is 97.0 cm³/mol. The third-order valence-electron chi connectivity index (χ3n) is 4.90. The molecule has 1 aromatic carbocycles. The van der Waals surface area contributed by atoms with Gasteiger partial charge < -0.3 is 15.0 Å². The zero-order valence-corrected chi connectivity index (χ0v) is 15.4. The van der Waals surface area contributed by atoms with Crippen molar-refractivity contribution in [2.75, 3.05) is 38.6 Å². The van der Waals surface area contributed by atoms with Gasteiger partial charge in [-0.1, -0.05) is 11.6 Å². The first kappa shape index (κ1) is 18.0. The molecule has 1 saturated heterocycles. The number of carbonyl (C=O) groups excluding carboxylic acids is 2. The van der Waals surface area contributed by atoms with Crippen molar-refractivity contribution < 1.29 is 14.3 Å². The van der Waals surface area contributed by atoms with Crippen LogP contribution in [0.25, 0.3) is 0 Å². The van der Waals surface area contributed by atoms with Crippen LogP contribution in [0.5, 0.6) is 5.75 Å². The Kier molecular flexibility index (Phi) is 5.49. The summed E-state index contributed by atoms with van der Waals surface area (Å²) in [5, 5.41) is 3.43. The molecule has 0 spiro atoms. The van der Waals surface area contributed by atoms with Gasteiger partial charge in [-0.2, -0.15) is 0 Å². The molecule has 0 unspecified atom stereocenters. The van der Waals surface area contributed by atoms with Crippen molar-refractivity contribution in [2.24, 2.45) is 5.92 Å². The van der Waals surface area contributed by atoms with E-state index in [0.29, 0.717) is 42.6 Å². The fraction of sp³-hybridized carbons (Fsp3) is 0.556. The number of piperazine rings is 1. The van der Waals surface area contributed by atoms with E-state index >= 15 is 0 Å². The SMILES string of the molecule is COc1ccc(Cl)cc1NC(=O)[C@@H](C)N1CCN(C(=O)C2CC2)CC1. The number of halogens is 1. The van der Waals surface area contributed by atoms with E-state index in [0.717, 1.165) is 12.8 Å². The molecule has 1 heterocycles. The van der Waals surface area contributed by atoms with Crippen molar-refractivity contribution in [3.8, 4) is 5.75 Å². The van der Waals surface area contributed by atoms with Gasteiger partial charge in [-0.25, -0.2) is 0 Å². The molecule has 136 valence electrons. The molecule has 1 aliphatic heterocycles. The maximum Gasteiger partial charge on any atom is 0.241 e. The highest BCUT2D eigenvalue weighted by Crippen LogP contribution is 2.31. The highest BCUT2D eigenvalue weighted by Gasteiger charge is 2.35. The molecule has 2 aliphatic rings. The first-order valence-electron chi connectivity index (χ1n) is 8.67. The number of amides is 2. The molecular weight excluding hydrogens is 342 g/mol. The zero-order valence-electron chi connectivity index (χ0n) is 14.6. The molecule has 1 N–H and O–H groups in total. The standard InChI is InChI=1S/C18H24ClN3O3/c1-12(17(23)20-15-11-14(19)5-6-16(15)25-2)21-7-9-22(10-8-21)18(24)13-3-4-13/h5-6,11-13H,3-4,7-10H2,1-2H3,(H,20,23)/t12-/m1/s1. The summed E-state index contributed by atoms with van der Waals surface area (Å²) in [7, 11) is 1.55. The fourth-order valence-corrected chi connectivity index (χ4v) is 3.27. The quantitative estimate of drug-likeness (QED) is 0.869. The van der Waals surface area contributed by atoms with Crippen molar-refractivity contribution in [1.29, 1.82) is 0 Å². The molecule has 2 amide bonds. The van der Waals surface area contributed by atoms with Crippen LogP contribution in [0, 0.1) is 5.92 Å². The molecule has 0 radical (unpaired) electrons. The van der Waals surface area contributed by atoms with Gasteiger partial charge in [0.2, 0.25) is 11.8 Å². The van der Waals surface area contributed by atoms with Crippen molar-refractivity contribution >= 4 is 29.1 Å². The number of ether oxygens (including phenoxy) is 1. The normalized spacial score (nSPS) is 19.4. The van der Waals surface area contributed by atoms with Gasteiger partial charge in [0.15, 0.2) is 0 Å². The monoisotopic (exact) mass is 365 g/mol. The van der Waals surface area contributed by atoms with Crippen LogP contribution in [-0.2, 0) is 9.59 Å². The second-order valence-corrected chi connectivity index (χ2v) is 7.08. The van der Waals surface area contributed by atoms with Crippen LogP contribution in [0.3, 0.4) is 0 Å². The number of anilines is 1. The number of benzene rings is 1. The van der Waals surface area contributed by atoms with Gasteiger partial charge in [-0.15, -0.1) is 0 Å². The number of carbonyl (C=O) groups is 2. The van der Waals surface area contributed by atoms with Gasteiger partial charge in [-0.05, 0) is 38.0 Å². The Bertz CT molecular complexity index is 655. The predicted octanol–water partition coefficient (Wildman–Crippen LogP) is 2.23. The summed E-state index contributed by atoms with van der Waals surface area (Å²) in [5.41, 5.74) is 0.564. The lowest BCUT2D eigenvalue weighted by atomic mass is 10.2. The highest BCUT2D eigenvalue weighted by molar-refractivity contribution is 6.31. The molecule has 1 aromatic rings. The lowest BCUT2D eigenvalue weighted by Crippen LogP contribution is -2.54. The molecule has 1 atom stereocenters. The maximum atomic E-state index is 12.6. The van der Waals surface area contributed by atoms with E-state index in [-0.39, 0.29) is 23.8 Å². The van der Waals surface area contributed by atoms with E-state index in [1.807, 2.05) is 11.8 Å². The van der Waals surface area contributed by atoms with Gasteiger partial charge >= 0.3 is 0 Å². The fourth-order valence-electron chi connectivity index (χ4n) is 3.10. The molecule has 6 nitrogen and oxygen atoms in total. The van der Waals surface area contributed by atoms with Crippen LogP contribution in [0.2, 0.25) is 5.02 Å². The molecule has 7 heteroatoms. The summed E-state index contributed by atoms with van der Waals surface area (Å²) in [6.07, 6.45) is 2.05. The first-order valence-corrected chi connectivity index (χ1v) is 9.04. The van der Waals surface area contributed by atoms with E-state index in [2.05, 4.69) is 10.2 Å². The van der Waals surface area contributed by atoms with Gasteiger partial charge in [0.25, 0.3) is 0 Å². The van der Waals surface area contributed by atoms with E-state index < -0.39 is 0 Å². The zero-order chi connectivity index (χ0) is 18.0. The van der Waals surface area contributed by atoms with E-state index in [4.69, 9.17) is 16.3 Å². The molecule has 3 rings (SSSR count). The topological polar surface area (TPSA) is 61.9 Å². The molecule has 0 bridgehead atoms. The number of rotatable bonds is 5. The highest BCUT2D eigenvalue weighted by atomic mass is 35.5. The van der Waals surface area contributed by atoms with Crippen LogP contribution < -0.4 is 10.1 Å². The Morgan fingerprint density at radius 3 is 2.52 bits per heavy atom. The van der Waals surface area contributed by atoms with Crippen molar-refractivity contribution in [3.05, 3.63) is 23.2 Å². The van der Waals surface area contributed by atoms with E-state index in [9.17, 15) is 9.59 Å². The van der Waals surface area contributed by atoms with E-state index in [1.165, 1.54) is 0 Å². The van der Waals surface area contributed by atoms with Crippen LogP contribution in [-0.4, -0.2) is 60.9 Å². The Labute approximate surface area is 153 Å². The van der Waals surface area contributed by atoms with Crippen LogP contribution in [0.4, 0.5) is 5.69 Å². The largest absolute Gasteiger partial charge is 0.495 e. The molecule has 25 heavy (non-hydrogen) atoms. The average molecular weight is 366 g/mol. The third-order valence-corrected chi connectivity index (χ3v) is 5.13. The van der Waals surface area contributed by atoms with Crippen molar-refractivity contribution in [2.45, 2.75) is 25.8 Å².